The third-order valence-corrected chi connectivity index (χ3v) is 2.78. The lowest BCUT2D eigenvalue weighted by atomic mass is 10.2. The minimum absolute atomic E-state index is 0.0404. The molecule has 0 aromatic carbocycles. The molecule has 1 saturated carbocycles. The zero-order valence-electron chi connectivity index (χ0n) is 9.76. The molecule has 1 amide bonds. The van der Waals surface area contributed by atoms with Gasteiger partial charge in [-0.3, -0.25) is 9.89 Å². The van der Waals surface area contributed by atoms with Crippen molar-refractivity contribution in [2.75, 3.05) is 13.1 Å². The highest BCUT2D eigenvalue weighted by Crippen LogP contribution is 2.17. The molecule has 2 rings (SSSR count). The van der Waals surface area contributed by atoms with Crippen LogP contribution >= 0.6 is 0 Å². The van der Waals surface area contributed by atoms with Crippen LogP contribution in [0.25, 0.3) is 0 Å². The fourth-order valence-electron chi connectivity index (χ4n) is 1.71. The van der Waals surface area contributed by atoms with E-state index < -0.39 is 0 Å². The molecular formula is C11H18N4O. The van der Waals surface area contributed by atoms with E-state index in [-0.39, 0.29) is 5.91 Å². The van der Waals surface area contributed by atoms with Crippen molar-refractivity contribution < 1.29 is 4.79 Å². The second-order valence-corrected chi connectivity index (χ2v) is 4.29. The standard InChI is InChI=1S/C11H18N4O/c1-7-10(8(2)15-14-7)11(16)13-6-5-12-9-3-4-9/h9,12H,3-6H2,1-2H3,(H,13,16)(H,14,15). The van der Waals surface area contributed by atoms with E-state index in [1.54, 1.807) is 0 Å². The van der Waals surface area contributed by atoms with Gasteiger partial charge in [0.05, 0.1) is 11.3 Å². The van der Waals surface area contributed by atoms with Gasteiger partial charge in [-0.15, -0.1) is 0 Å². The van der Waals surface area contributed by atoms with E-state index in [1.807, 2.05) is 13.8 Å². The molecule has 1 aliphatic carbocycles. The molecule has 0 spiro atoms. The molecule has 1 aromatic rings. The number of aryl methyl sites for hydroxylation is 2. The summed E-state index contributed by atoms with van der Waals surface area (Å²) in [5.41, 5.74) is 2.25. The summed E-state index contributed by atoms with van der Waals surface area (Å²) >= 11 is 0. The molecule has 1 fully saturated rings. The molecular weight excluding hydrogens is 204 g/mol. The molecule has 0 radical (unpaired) electrons. The van der Waals surface area contributed by atoms with Crippen LogP contribution in [0, 0.1) is 13.8 Å². The summed E-state index contributed by atoms with van der Waals surface area (Å²) in [6, 6.07) is 0.689. The molecule has 5 heteroatoms. The molecule has 5 nitrogen and oxygen atoms in total. The highest BCUT2D eigenvalue weighted by Gasteiger charge is 2.20. The molecule has 0 saturated heterocycles. The summed E-state index contributed by atoms with van der Waals surface area (Å²) < 4.78 is 0. The molecule has 1 aromatic heterocycles. The summed E-state index contributed by atoms with van der Waals surface area (Å²) in [4.78, 5) is 11.8. The Morgan fingerprint density at radius 1 is 1.44 bits per heavy atom. The van der Waals surface area contributed by atoms with E-state index in [2.05, 4.69) is 20.8 Å². The van der Waals surface area contributed by atoms with Gasteiger partial charge in [0.1, 0.15) is 0 Å². The number of carbonyl (C=O) groups is 1. The number of carbonyl (C=O) groups excluding carboxylic acids is 1. The zero-order chi connectivity index (χ0) is 11.5. The van der Waals surface area contributed by atoms with E-state index in [0.29, 0.717) is 18.2 Å². The smallest absolute Gasteiger partial charge is 0.255 e. The van der Waals surface area contributed by atoms with Crippen LogP contribution in [-0.4, -0.2) is 35.2 Å². The van der Waals surface area contributed by atoms with E-state index in [1.165, 1.54) is 12.8 Å². The highest BCUT2D eigenvalue weighted by atomic mass is 16.1. The van der Waals surface area contributed by atoms with Gasteiger partial charge >= 0.3 is 0 Å². The predicted octanol–water partition coefficient (Wildman–Crippen LogP) is 0.508. The predicted molar refractivity (Wildman–Crippen MR) is 61.4 cm³/mol. The number of amides is 1. The first-order valence-electron chi connectivity index (χ1n) is 5.71. The van der Waals surface area contributed by atoms with Crippen molar-refractivity contribution in [3.05, 3.63) is 17.0 Å². The molecule has 1 aliphatic rings. The van der Waals surface area contributed by atoms with Gasteiger partial charge < -0.3 is 10.6 Å². The Morgan fingerprint density at radius 3 is 2.75 bits per heavy atom. The number of nitrogens with one attached hydrogen (secondary N) is 3. The Morgan fingerprint density at radius 2 is 2.19 bits per heavy atom. The Kier molecular flexibility index (Phi) is 3.24. The number of nitrogens with zero attached hydrogens (tertiary/aromatic N) is 1. The highest BCUT2D eigenvalue weighted by molar-refractivity contribution is 5.96. The SMILES string of the molecule is Cc1n[nH]c(C)c1C(=O)NCCNC1CC1. The molecule has 0 aliphatic heterocycles. The molecule has 16 heavy (non-hydrogen) atoms. The second-order valence-electron chi connectivity index (χ2n) is 4.29. The lowest BCUT2D eigenvalue weighted by molar-refractivity contribution is 0.0952. The molecule has 3 N–H and O–H groups in total. The largest absolute Gasteiger partial charge is 0.351 e. The van der Waals surface area contributed by atoms with Crippen molar-refractivity contribution in [1.82, 2.24) is 20.8 Å². The van der Waals surface area contributed by atoms with E-state index >= 15 is 0 Å². The van der Waals surface area contributed by atoms with Crippen LogP contribution in [-0.2, 0) is 0 Å². The lowest BCUT2D eigenvalue weighted by Crippen LogP contribution is -2.33. The lowest BCUT2D eigenvalue weighted by Gasteiger charge is -2.05. The van der Waals surface area contributed by atoms with Gasteiger partial charge in [0.2, 0.25) is 0 Å². The average molecular weight is 222 g/mol. The molecule has 88 valence electrons. The molecule has 0 atom stereocenters. The summed E-state index contributed by atoms with van der Waals surface area (Å²) in [6.45, 7) is 5.20. The number of aromatic amines is 1. The number of hydrogen-bond donors (Lipinski definition) is 3. The van der Waals surface area contributed by atoms with Crippen molar-refractivity contribution in [1.29, 1.82) is 0 Å². The van der Waals surface area contributed by atoms with Gasteiger partial charge in [-0.05, 0) is 26.7 Å². The summed E-state index contributed by atoms with van der Waals surface area (Å²) in [7, 11) is 0. The number of rotatable bonds is 5. The van der Waals surface area contributed by atoms with Crippen LogP contribution in [0.4, 0.5) is 0 Å². The van der Waals surface area contributed by atoms with Crippen LogP contribution in [0.3, 0.4) is 0 Å². The van der Waals surface area contributed by atoms with Crippen molar-refractivity contribution in [2.45, 2.75) is 32.7 Å². The maximum absolute atomic E-state index is 11.8. The first-order valence-corrected chi connectivity index (χ1v) is 5.71. The Balaban J connectivity index is 1.78. The Hall–Kier alpha value is -1.36. The normalized spacial score (nSPS) is 15.1. The Bertz CT molecular complexity index is 362. The Labute approximate surface area is 95.0 Å². The van der Waals surface area contributed by atoms with E-state index in [9.17, 15) is 4.79 Å². The third kappa shape index (κ3) is 2.61. The van der Waals surface area contributed by atoms with Gasteiger partial charge in [0, 0.05) is 24.8 Å². The summed E-state index contributed by atoms with van der Waals surface area (Å²) in [5.74, 6) is -0.0404. The first kappa shape index (κ1) is 11.1. The van der Waals surface area contributed by atoms with Gasteiger partial charge in [-0.25, -0.2) is 0 Å². The maximum Gasteiger partial charge on any atom is 0.255 e. The first-order chi connectivity index (χ1) is 7.68. The molecule has 1 heterocycles. The fourth-order valence-corrected chi connectivity index (χ4v) is 1.71. The maximum atomic E-state index is 11.8. The average Bonchev–Trinajstić information content (AvgIpc) is 3.00. The number of hydrogen-bond acceptors (Lipinski definition) is 3. The minimum Gasteiger partial charge on any atom is -0.351 e. The van der Waals surface area contributed by atoms with Crippen LogP contribution in [0.2, 0.25) is 0 Å². The van der Waals surface area contributed by atoms with Gasteiger partial charge in [-0.2, -0.15) is 5.10 Å². The minimum atomic E-state index is -0.0404. The van der Waals surface area contributed by atoms with Crippen molar-refractivity contribution in [2.24, 2.45) is 0 Å². The van der Waals surface area contributed by atoms with Crippen LogP contribution in [0.1, 0.15) is 34.6 Å². The summed E-state index contributed by atoms with van der Waals surface area (Å²) in [6.07, 6.45) is 2.54. The zero-order valence-corrected chi connectivity index (χ0v) is 9.76. The van der Waals surface area contributed by atoms with Gasteiger partial charge in [0.15, 0.2) is 0 Å². The monoisotopic (exact) mass is 222 g/mol. The quantitative estimate of drug-likeness (QED) is 0.636. The van der Waals surface area contributed by atoms with Crippen molar-refractivity contribution in [3.63, 3.8) is 0 Å². The van der Waals surface area contributed by atoms with Gasteiger partial charge in [0.25, 0.3) is 5.91 Å². The van der Waals surface area contributed by atoms with E-state index in [4.69, 9.17) is 0 Å². The van der Waals surface area contributed by atoms with Crippen molar-refractivity contribution in [3.8, 4) is 0 Å². The molecule has 0 unspecified atom stereocenters. The van der Waals surface area contributed by atoms with E-state index in [0.717, 1.165) is 17.9 Å². The fraction of sp³-hybridized carbons (Fsp3) is 0.636. The number of aromatic nitrogens is 2. The summed E-state index contributed by atoms with van der Waals surface area (Å²) in [5, 5.41) is 13.0. The number of H-pyrrole nitrogens is 1. The second kappa shape index (κ2) is 4.65. The topological polar surface area (TPSA) is 69.8 Å². The van der Waals surface area contributed by atoms with Crippen LogP contribution in [0.15, 0.2) is 0 Å². The van der Waals surface area contributed by atoms with Crippen molar-refractivity contribution >= 4 is 5.91 Å². The third-order valence-electron chi connectivity index (χ3n) is 2.78. The van der Waals surface area contributed by atoms with Gasteiger partial charge in [-0.1, -0.05) is 0 Å². The van der Waals surface area contributed by atoms with Crippen LogP contribution < -0.4 is 10.6 Å². The van der Waals surface area contributed by atoms with Crippen LogP contribution in [0.5, 0.6) is 0 Å². The molecule has 0 bridgehead atoms.